The SMILES string of the molecule is C[C@@](/C=C/C=O)(c1ccccc1)C1OCCO1. The van der Waals surface area contributed by atoms with Gasteiger partial charge >= 0.3 is 0 Å². The molecule has 0 N–H and O–H groups in total. The summed E-state index contributed by atoms with van der Waals surface area (Å²) in [7, 11) is 0. The third-order valence-electron chi connectivity index (χ3n) is 3.03. The summed E-state index contributed by atoms with van der Waals surface area (Å²) in [6.07, 6.45) is 3.78. The first-order valence-corrected chi connectivity index (χ1v) is 5.69. The molecule has 3 heteroatoms. The summed E-state index contributed by atoms with van der Waals surface area (Å²) in [6, 6.07) is 9.93. The van der Waals surface area contributed by atoms with Crippen LogP contribution in [0.4, 0.5) is 0 Å². The van der Waals surface area contributed by atoms with E-state index in [0.717, 1.165) is 11.8 Å². The Morgan fingerprint density at radius 1 is 1.24 bits per heavy atom. The van der Waals surface area contributed by atoms with Gasteiger partial charge in [-0.25, -0.2) is 0 Å². The first kappa shape index (κ1) is 12.0. The molecule has 17 heavy (non-hydrogen) atoms. The number of hydrogen-bond donors (Lipinski definition) is 0. The zero-order valence-corrected chi connectivity index (χ0v) is 9.84. The van der Waals surface area contributed by atoms with Gasteiger partial charge in [0.25, 0.3) is 0 Å². The van der Waals surface area contributed by atoms with Gasteiger partial charge in [0.15, 0.2) is 6.29 Å². The molecule has 1 aliphatic rings. The summed E-state index contributed by atoms with van der Waals surface area (Å²) in [5, 5.41) is 0. The van der Waals surface area contributed by atoms with Crippen molar-refractivity contribution in [3.8, 4) is 0 Å². The Balaban J connectivity index is 2.35. The van der Waals surface area contributed by atoms with Crippen LogP contribution in [0.25, 0.3) is 0 Å². The molecule has 1 heterocycles. The maximum absolute atomic E-state index is 10.5. The summed E-state index contributed by atoms with van der Waals surface area (Å²) >= 11 is 0. The van der Waals surface area contributed by atoms with Crippen LogP contribution in [-0.4, -0.2) is 25.8 Å². The van der Waals surface area contributed by atoms with Crippen LogP contribution in [0.3, 0.4) is 0 Å². The number of ether oxygens (including phenoxy) is 2. The van der Waals surface area contributed by atoms with Gasteiger partial charge in [0, 0.05) is 0 Å². The van der Waals surface area contributed by atoms with Gasteiger partial charge in [-0.05, 0) is 18.6 Å². The summed E-state index contributed by atoms with van der Waals surface area (Å²) in [6.45, 7) is 3.21. The molecule has 0 aromatic heterocycles. The number of allylic oxidation sites excluding steroid dienone is 1. The van der Waals surface area contributed by atoms with Crippen LogP contribution in [0.15, 0.2) is 42.5 Å². The Bertz CT molecular complexity index is 393. The molecule has 1 aliphatic heterocycles. The molecule has 2 rings (SSSR count). The molecule has 0 aliphatic carbocycles. The lowest BCUT2D eigenvalue weighted by atomic mass is 9.81. The molecule has 0 bridgehead atoms. The highest BCUT2D eigenvalue weighted by Crippen LogP contribution is 2.33. The number of rotatable bonds is 4. The number of carbonyl (C=O) groups excluding carboxylic acids is 1. The van der Waals surface area contributed by atoms with E-state index in [2.05, 4.69) is 0 Å². The largest absolute Gasteiger partial charge is 0.349 e. The molecule has 0 radical (unpaired) electrons. The first-order chi connectivity index (χ1) is 8.27. The van der Waals surface area contributed by atoms with Gasteiger partial charge in [-0.2, -0.15) is 0 Å². The number of benzene rings is 1. The molecule has 90 valence electrons. The Kier molecular flexibility index (Phi) is 3.71. The molecule has 1 atom stereocenters. The summed E-state index contributed by atoms with van der Waals surface area (Å²) in [5.74, 6) is 0. The van der Waals surface area contributed by atoms with Crippen LogP contribution >= 0.6 is 0 Å². The number of carbonyl (C=O) groups is 1. The molecule has 0 amide bonds. The first-order valence-electron chi connectivity index (χ1n) is 5.69. The van der Waals surface area contributed by atoms with E-state index in [1.165, 1.54) is 6.08 Å². The smallest absolute Gasteiger partial charge is 0.170 e. The van der Waals surface area contributed by atoms with E-state index < -0.39 is 5.41 Å². The van der Waals surface area contributed by atoms with Crippen LogP contribution < -0.4 is 0 Å². The molecule has 0 spiro atoms. The molecule has 1 aromatic rings. The van der Waals surface area contributed by atoms with Gasteiger partial charge in [0.1, 0.15) is 6.29 Å². The number of aldehydes is 1. The van der Waals surface area contributed by atoms with E-state index in [-0.39, 0.29) is 6.29 Å². The van der Waals surface area contributed by atoms with Crippen LogP contribution in [0, 0.1) is 0 Å². The topological polar surface area (TPSA) is 35.5 Å². The van der Waals surface area contributed by atoms with Crippen molar-refractivity contribution in [3.05, 3.63) is 48.0 Å². The standard InChI is InChI=1S/C14H16O3/c1-14(8-5-9-15,13-16-10-11-17-13)12-6-3-2-4-7-12/h2-9,13H,10-11H2,1H3/b8-5+/t14-/m1/s1. The normalized spacial score (nSPS) is 20.5. The van der Waals surface area contributed by atoms with Crippen molar-refractivity contribution in [1.29, 1.82) is 0 Å². The monoisotopic (exact) mass is 232 g/mol. The molecular weight excluding hydrogens is 216 g/mol. The third kappa shape index (κ3) is 2.46. The van der Waals surface area contributed by atoms with Crippen molar-refractivity contribution in [3.63, 3.8) is 0 Å². The van der Waals surface area contributed by atoms with Crippen molar-refractivity contribution in [1.82, 2.24) is 0 Å². The minimum Gasteiger partial charge on any atom is -0.349 e. The lowest BCUT2D eigenvalue weighted by Gasteiger charge is -2.31. The quantitative estimate of drug-likeness (QED) is 0.589. The lowest BCUT2D eigenvalue weighted by molar-refractivity contribution is -0.104. The fraction of sp³-hybridized carbons (Fsp3) is 0.357. The molecular formula is C14H16O3. The second-order valence-corrected chi connectivity index (χ2v) is 4.22. The van der Waals surface area contributed by atoms with Crippen molar-refractivity contribution < 1.29 is 14.3 Å². The second-order valence-electron chi connectivity index (χ2n) is 4.22. The Hall–Kier alpha value is -1.45. The van der Waals surface area contributed by atoms with Gasteiger partial charge in [-0.1, -0.05) is 36.4 Å². The minimum atomic E-state index is -0.432. The van der Waals surface area contributed by atoms with Gasteiger partial charge in [-0.15, -0.1) is 0 Å². The van der Waals surface area contributed by atoms with Gasteiger partial charge < -0.3 is 9.47 Å². The highest BCUT2D eigenvalue weighted by Gasteiger charge is 2.37. The average molecular weight is 232 g/mol. The summed E-state index contributed by atoms with van der Waals surface area (Å²) in [4.78, 5) is 10.5. The van der Waals surface area contributed by atoms with E-state index in [1.54, 1.807) is 0 Å². The molecule has 3 nitrogen and oxygen atoms in total. The van der Waals surface area contributed by atoms with Gasteiger partial charge in [-0.3, -0.25) is 4.79 Å². The van der Waals surface area contributed by atoms with Crippen molar-refractivity contribution in [2.75, 3.05) is 13.2 Å². The van der Waals surface area contributed by atoms with Gasteiger partial charge in [0.2, 0.25) is 0 Å². The molecule has 0 unspecified atom stereocenters. The van der Waals surface area contributed by atoms with Crippen molar-refractivity contribution >= 4 is 6.29 Å². The highest BCUT2D eigenvalue weighted by molar-refractivity contribution is 5.65. The predicted molar refractivity (Wildman–Crippen MR) is 64.7 cm³/mol. The Morgan fingerprint density at radius 2 is 1.88 bits per heavy atom. The molecule has 1 aromatic carbocycles. The second kappa shape index (κ2) is 5.25. The fourth-order valence-corrected chi connectivity index (χ4v) is 2.05. The lowest BCUT2D eigenvalue weighted by Crippen LogP contribution is -2.35. The number of hydrogen-bond acceptors (Lipinski definition) is 3. The minimum absolute atomic E-state index is 0.332. The van der Waals surface area contributed by atoms with E-state index in [1.807, 2.05) is 43.3 Å². The van der Waals surface area contributed by atoms with Crippen LogP contribution in [-0.2, 0) is 19.7 Å². The Labute approximate surface area is 101 Å². The fourth-order valence-electron chi connectivity index (χ4n) is 2.05. The summed E-state index contributed by atoms with van der Waals surface area (Å²) in [5.41, 5.74) is 0.642. The third-order valence-corrected chi connectivity index (χ3v) is 3.03. The molecule has 1 saturated heterocycles. The van der Waals surface area contributed by atoms with Crippen molar-refractivity contribution in [2.45, 2.75) is 18.6 Å². The van der Waals surface area contributed by atoms with Crippen molar-refractivity contribution in [2.24, 2.45) is 0 Å². The maximum atomic E-state index is 10.5. The van der Waals surface area contributed by atoms with Crippen LogP contribution in [0.5, 0.6) is 0 Å². The Morgan fingerprint density at radius 3 is 2.47 bits per heavy atom. The molecule has 0 saturated carbocycles. The van der Waals surface area contributed by atoms with E-state index in [0.29, 0.717) is 13.2 Å². The zero-order chi connectivity index (χ0) is 12.1. The summed E-state index contributed by atoms with van der Waals surface area (Å²) < 4.78 is 11.2. The molecule has 1 fully saturated rings. The predicted octanol–water partition coefficient (Wildman–Crippen LogP) is 2.07. The van der Waals surface area contributed by atoms with Crippen LogP contribution in [0.1, 0.15) is 12.5 Å². The highest BCUT2D eigenvalue weighted by atomic mass is 16.7. The van der Waals surface area contributed by atoms with E-state index in [4.69, 9.17) is 9.47 Å². The van der Waals surface area contributed by atoms with E-state index in [9.17, 15) is 4.79 Å². The van der Waals surface area contributed by atoms with Gasteiger partial charge in [0.05, 0.1) is 18.6 Å². The average Bonchev–Trinajstić information content (AvgIpc) is 2.91. The maximum Gasteiger partial charge on any atom is 0.170 e. The van der Waals surface area contributed by atoms with E-state index >= 15 is 0 Å². The van der Waals surface area contributed by atoms with Crippen LogP contribution in [0.2, 0.25) is 0 Å². The zero-order valence-electron chi connectivity index (χ0n) is 9.84.